The van der Waals surface area contributed by atoms with Gasteiger partial charge >= 0.3 is 0 Å². The quantitative estimate of drug-likeness (QED) is 0.666. The van der Waals surface area contributed by atoms with E-state index in [-0.39, 0.29) is 16.6 Å². The van der Waals surface area contributed by atoms with Crippen molar-refractivity contribution >= 4 is 15.7 Å². The molecule has 2 rings (SSSR count). The molecule has 1 aliphatic rings. The maximum Gasteiger partial charge on any atom is 0.241 e. The second kappa shape index (κ2) is 6.10. The molecule has 0 unspecified atom stereocenters. The van der Waals surface area contributed by atoms with Crippen molar-refractivity contribution in [3.8, 4) is 0 Å². The molecule has 4 nitrogen and oxygen atoms in total. The van der Waals surface area contributed by atoms with E-state index in [2.05, 4.69) is 4.72 Å². The zero-order valence-electron chi connectivity index (χ0n) is 11.7. The van der Waals surface area contributed by atoms with Gasteiger partial charge in [-0.2, -0.15) is 0 Å². The summed E-state index contributed by atoms with van der Waals surface area (Å²) in [6, 6.07) is 2.33. The SMILES string of the molecule is Cc1cc(F)c(N)cc1S(=O)(=O)NC1CCCCCC1. The molecule has 0 aliphatic heterocycles. The van der Waals surface area contributed by atoms with Crippen LogP contribution in [0.2, 0.25) is 0 Å². The summed E-state index contributed by atoms with van der Waals surface area (Å²) in [5.74, 6) is -0.587. The van der Waals surface area contributed by atoms with Gasteiger partial charge in [0, 0.05) is 6.04 Å². The minimum Gasteiger partial charge on any atom is -0.396 e. The molecule has 0 atom stereocenters. The van der Waals surface area contributed by atoms with Crippen LogP contribution in [0.15, 0.2) is 17.0 Å². The molecule has 1 aliphatic carbocycles. The fourth-order valence-corrected chi connectivity index (χ4v) is 4.20. The fraction of sp³-hybridized carbons (Fsp3) is 0.571. The number of benzene rings is 1. The first-order valence-corrected chi connectivity index (χ1v) is 8.46. The first-order chi connectivity index (χ1) is 9.40. The first kappa shape index (κ1) is 15.3. The highest BCUT2D eigenvalue weighted by molar-refractivity contribution is 7.89. The maximum atomic E-state index is 13.3. The number of aryl methyl sites for hydroxylation is 1. The Bertz CT molecular complexity index is 579. The lowest BCUT2D eigenvalue weighted by atomic mass is 10.1. The number of nitrogen functional groups attached to an aromatic ring is 1. The van der Waals surface area contributed by atoms with E-state index >= 15 is 0 Å². The minimum atomic E-state index is -3.64. The van der Waals surface area contributed by atoms with Gasteiger partial charge in [-0.3, -0.25) is 0 Å². The van der Waals surface area contributed by atoms with Gasteiger partial charge < -0.3 is 5.73 Å². The number of nitrogens with two attached hydrogens (primary N) is 1. The van der Waals surface area contributed by atoms with E-state index in [4.69, 9.17) is 5.73 Å². The van der Waals surface area contributed by atoms with Crippen molar-refractivity contribution in [3.05, 3.63) is 23.5 Å². The molecule has 0 spiro atoms. The van der Waals surface area contributed by atoms with Gasteiger partial charge in [-0.05, 0) is 37.5 Å². The monoisotopic (exact) mass is 300 g/mol. The van der Waals surface area contributed by atoms with Gasteiger partial charge in [0.25, 0.3) is 0 Å². The zero-order chi connectivity index (χ0) is 14.8. The normalized spacial score (nSPS) is 17.9. The van der Waals surface area contributed by atoms with Crippen molar-refractivity contribution in [1.82, 2.24) is 4.72 Å². The first-order valence-electron chi connectivity index (χ1n) is 6.98. The number of hydrogen-bond donors (Lipinski definition) is 2. The molecule has 6 heteroatoms. The summed E-state index contributed by atoms with van der Waals surface area (Å²) >= 11 is 0. The highest BCUT2D eigenvalue weighted by Crippen LogP contribution is 2.24. The van der Waals surface area contributed by atoms with Gasteiger partial charge in [0.2, 0.25) is 10.0 Å². The summed E-state index contributed by atoms with van der Waals surface area (Å²) in [7, 11) is -3.64. The minimum absolute atomic E-state index is 0.0341. The third kappa shape index (κ3) is 3.49. The molecule has 1 aromatic carbocycles. The van der Waals surface area contributed by atoms with Crippen LogP contribution in [0.25, 0.3) is 0 Å². The van der Waals surface area contributed by atoms with E-state index in [1.54, 1.807) is 6.92 Å². The molecule has 1 aromatic rings. The number of hydrogen-bond acceptors (Lipinski definition) is 3. The van der Waals surface area contributed by atoms with Crippen LogP contribution in [-0.4, -0.2) is 14.5 Å². The molecule has 0 aromatic heterocycles. The Balaban J connectivity index is 2.23. The Morgan fingerprint density at radius 1 is 1.20 bits per heavy atom. The summed E-state index contributed by atoms with van der Waals surface area (Å²) in [5.41, 5.74) is 5.71. The lowest BCUT2D eigenvalue weighted by Crippen LogP contribution is -2.34. The standard InChI is InChI=1S/C14H21FN2O2S/c1-10-8-12(15)13(16)9-14(10)20(18,19)17-11-6-4-2-3-5-7-11/h8-9,11,17H,2-7,16H2,1H3. The van der Waals surface area contributed by atoms with Crippen molar-refractivity contribution in [1.29, 1.82) is 0 Å². The van der Waals surface area contributed by atoms with Crippen LogP contribution in [-0.2, 0) is 10.0 Å². The van der Waals surface area contributed by atoms with Crippen molar-refractivity contribution in [3.63, 3.8) is 0 Å². The number of rotatable bonds is 3. The fourth-order valence-electron chi connectivity index (χ4n) is 2.64. The van der Waals surface area contributed by atoms with Crippen LogP contribution in [0.4, 0.5) is 10.1 Å². The van der Waals surface area contributed by atoms with Crippen LogP contribution in [0, 0.1) is 12.7 Å². The van der Waals surface area contributed by atoms with Crippen molar-refractivity contribution < 1.29 is 12.8 Å². The van der Waals surface area contributed by atoms with Crippen molar-refractivity contribution in [2.75, 3.05) is 5.73 Å². The van der Waals surface area contributed by atoms with Crippen LogP contribution >= 0.6 is 0 Å². The van der Waals surface area contributed by atoms with Crippen molar-refractivity contribution in [2.45, 2.75) is 56.4 Å². The predicted octanol–water partition coefficient (Wildman–Crippen LogP) is 2.72. The largest absolute Gasteiger partial charge is 0.396 e. The highest BCUT2D eigenvalue weighted by Gasteiger charge is 2.23. The zero-order valence-corrected chi connectivity index (χ0v) is 12.5. The molecule has 3 N–H and O–H groups in total. The molecular weight excluding hydrogens is 279 g/mol. The van der Waals surface area contributed by atoms with Gasteiger partial charge in [0.15, 0.2) is 0 Å². The molecule has 20 heavy (non-hydrogen) atoms. The van der Waals surface area contributed by atoms with E-state index in [0.717, 1.165) is 44.6 Å². The third-order valence-corrected chi connectivity index (χ3v) is 5.42. The van der Waals surface area contributed by atoms with Crippen LogP contribution in [0.3, 0.4) is 0 Å². The van der Waals surface area contributed by atoms with Crippen molar-refractivity contribution in [2.24, 2.45) is 0 Å². The van der Waals surface area contributed by atoms with E-state index in [9.17, 15) is 12.8 Å². The summed E-state index contributed by atoms with van der Waals surface area (Å²) in [6.07, 6.45) is 6.10. The molecule has 0 saturated heterocycles. The number of halogens is 1. The average molecular weight is 300 g/mol. The predicted molar refractivity (Wildman–Crippen MR) is 77.4 cm³/mol. The van der Waals surface area contributed by atoms with Gasteiger partial charge in [-0.1, -0.05) is 25.7 Å². The Morgan fingerprint density at radius 2 is 1.80 bits per heavy atom. The summed E-state index contributed by atoms with van der Waals surface area (Å²) in [6.45, 7) is 1.57. The Kier molecular flexibility index (Phi) is 4.65. The molecule has 0 bridgehead atoms. The number of nitrogens with one attached hydrogen (secondary N) is 1. The maximum absolute atomic E-state index is 13.3. The lowest BCUT2D eigenvalue weighted by Gasteiger charge is -2.17. The summed E-state index contributed by atoms with van der Waals surface area (Å²) < 4.78 is 40.9. The molecule has 112 valence electrons. The van der Waals surface area contributed by atoms with Crippen LogP contribution in [0.5, 0.6) is 0 Å². The van der Waals surface area contributed by atoms with Crippen LogP contribution < -0.4 is 10.5 Å². The van der Waals surface area contributed by atoms with E-state index in [1.807, 2.05) is 0 Å². The number of anilines is 1. The van der Waals surface area contributed by atoms with Gasteiger partial charge in [0.05, 0.1) is 10.6 Å². The Hall–Kier alpha value is -1.14. The smallest absolute Gasteiger partial charge is 0.241 e. The summed E-state index contributed by atoms with van der Waals surface area (Å²) in [5, 5.41) is 0. The van der Waals surface area contributed by atoms with E-state index in [0.29, 0.717) is 5.56 Å². The third-order valence-electron chi connectivity index (χ3n) is 3.76. The van der Waals surface area contributed by atoms with E-state index in [1.165, 1.54) is 6.07 Å². The topological polar surface area (TPSA) is 72.2 Å². The highest BCUT2D eigenvalue weighted by atomic mass is 32.2. The molecule has 0 radical (unpaired) electrons. The van der Waals surface area contributed by atoms with Gasteiger partial charge in [0.1, 0.15) is 5.82 Å². The second-order valence-corrected chi connectivity index (χ2v) is 7.13. The summed E-state index contributed by atoms with van der Waals surface area (Å²) in [4.78, 5) is 0.0700. The second-order valence-electron chi connectivity index (χ2n) is 5.45. The average Bonchev–Trinajstić information content (AvgIpc) is 2.61. The lowest BCUT2D eigenvalue weighted by molar-refractivity contribution is 0.509. The molecule has 1 saturated carbocycles. The molecule has 1 fully saturated rings. The van der Waals surface area contributed by atoms with Gasteiger partial charge in [-0.15, -0.1) is 0 Å². The Labute approximate surface area is 119 Å². The molecule has 0 heterocycles. The Morgan fingerprint density at radius 3 is 2.40 bits per heavy atom. The molecular formula is C14H21FN2O2S. The molecule has 0 amide bonds. The van der Waals surface area contributed by atoms with E-state index < -0.39 is 15.8 Å². The van der Waals surface area contributed by atoms with Crippen LogP contribution in [0.1, 0.15) is 44.1 Å². The van der Waals surface area contributed by atoms with Gasteiger partial charge in [-0.25, -0.2) is 17.5 Å². The number of sulfonamides is 1.